The van der Waals surface area contributed by atoms with Crippen LogP contribution in [0.4, 0.5) is 14.0 Å². The molecule has 2 amide bonds. The lowest BCUT2D eigenvalue weighted by molar-refractivity contribution is -0.146. The molecule has 0 aromatic rings. The van der Waals surface area contributed by atoms with Crippen LogP contribution in [0.5, 0.6) is 0 Å². The third-order valence-corrected chi connectivity index (χ3v) is 3.73. The van der Waals surface area contributed by atoms with E-state index in [9.17, 15) is 27.2 Å². The van der Waals surface area contributed by atoms with Crippen molar-refractivity contribution in [1.82, 2.24) is 4.90 Å². The molecule has 10 nitrogen and oxygen atoms in total. The number of hydrogen-bond acceptors (Lipinski definition) is 9. The normalized spacial score (nSPS) is 13.9. The van der Waals surface area contributed by atoms with Gasteiger partial charge in [-0.05, 0) is 54.4 Å². The molecule has 31 heavy (non-hydrogen) atoms. The van der Waals surface area contributed by atoms with E-state index in [4.69, 9.17) is 9.47 Å². The molecule has 0 N–H and O–H groups in total. The van der Waals surface area contributed by atoms with Crippen molar-refractivity contribution in [3.63, 3.8) is 0 Å². The molecule has 0 aromatic carbocycles. The van der Waals surface area contributed by atoms with Crippen LogP contribution >= 0.6 is 0 Å². The number of esters is 1. The molecule has 0 heterocycles. The standard InChI is InChI=1S/C19H32FNO9S/c1-18(2,3)29-16(23)21(17(24)30-19(4,5)6)14(15(22)27-7)11-9-10-13(20)12-28-31(8,25)26/h10,14H,9,11-12H2,1-8H3/b13-10+/t14-/m0/s1. The van der Waals surface area contributed by atoms with E-state index in [0.29, 0.717) is 4.90 Å². The third-order valence-electron chi connectivity index (χ3n) is 3.18. The number of ether oxygens (including phenoxy) is 3. The van der Waals surface area contributed by atoms with Gasteiger partial charge in [0, 0.05) is 0 Å². The minimum atomic E-state index is -3.83. The summed E-state index contributed by atoms with van der Waals surface area (Å²) in [4.78, 5) is 38.2. The highest BCUT2D eigenvalue weighted by molar-refractivity contribution is 7.85. The summed E-state index contributed by atoms with van der Waals surface area (Å²) in [6, 6.07) is -1.48. The Morgan fingerprint density at radius 1 is 1.00 bits per heavy atom. The third kappa shape index (κ3) is 12.9. The Kier molecular flexibility index (Phi) is 10.6. The van der Waals surface area contributed by atoms with Crippen molar-refractivity contribution in [2.75, 3.05) is 20.0 Å². The molecule has 0 saturated heterocycles. The van der Waals surface area contributed by atoms with Gasteiger partial charge in [0.05, 0.1) is 13.4 Å². The summed E-state index contributed by atoms with van der Waals surface area (Å²) >= 11 is 0. The number of nitrogens with zero attached hydrogens (tertiary/aromatic N) is 1. The van der Waals surface area contributed by atoms with E-state index in [1.165, 1.54) is 0 Å². The summed E-state index contributed by atoms with van der Waals surface area (Å²) in [7, 11) is -2.77. The molecule has 0 aliphatic rings. The minimum Gasteiger partial charge on any atom is -0.467 e. The van der Waals surface area contributed by atoms with E-state index in [1.54, 1.807) is 41.5 Å². The van der Waals surface area contributed by atoms with Gasteiger partial charge in [0.1, 0.15) is 29.7 Å². The average Bonchev–Trinajstić information content (AvgIpc) is 2.54. The molecular weight excluding hydrogens is 437 g/mol. The van der Waals surface area contributed by atoms with E-state index in [-0.39, 0.29) is 12.8 Å². The largest absolute Gasteiger partial charge is 0.467 e. The molecular formula is C19H32FNO9S. The predicted molar refractivity (Wildman–Crippen MR) is 109 cm³/mol. The zero-order chi connectivity index (χ0) is 24.6. The molecule has 0 fully saturated rings. The molecule has 12 heteroatoms. The number of amides is 2. The fourth-order valence-corrected chi connectivity index (χ4v) is 2.39. The van der Waals surface area contributed by atoms with Crippen LogP contribution in [0.3, 0.4) is 0 Å². The molecule has 0 radical (unpaired) electrons. The molecule has 0 bridgehead atoms. The number of rotatable bonds is 8. The van der Waals surface area contributed by atoms with E-state index in [0.717, 1.165) is 19.4 Å². The van der Waals surface area contributed by atoms with Gasteiger partial charge in [-0.3, -0.25) is 4.18 Å². The molecule has 0 rings (SSSR count). The monoisotopic (exact) mass is 469 g/mol. The van der Waals surface area contributed by atoms with Crippen LogP contribution in [-0.2, 0) is 33.3 Å². The number of imide groups is 1. The van der Waals surface area contributed by atoms with Crippen molar-refractivity contribution in [3.8, 4) is 0 Å². The molecule has 0 spiro atoms. The topological polar surface area (TPSA) is 126 Å². The van der Waals surface area contributed by atoms with Gasteiger partial charge in [0.2, 0.25) is 0 Å². The number of allylic oxidation sites excluding steroid dienone is 1. The first-order valence-electron chi connectivity index (χ1n) is 9.38. The van der Waals surface area contributed by atoms with Crippen LogP contribution in [-0.4, -0.2) is 68.7 Å². The van der Waals surface area contributed by atoms with E-state index < -0.39 is 58.0 Å². The summed E-state index contributed by atoms with van der Waals surface area (Å²) < 4.78 is 55.1. The number of methoxy groups -OCH3 is 1. The van der Waals surface area contributed by atoms with Gasteiger partial charge >= 0.3 is 18.2 Å². The molecule has 1 atom stereocenters. The predicted octanol–water partition coefficient (Wildman–Crippen LogP) is 3.31. The zero-order valence-corrected chi connectivity index (χ0v) is 20.0. The lowest BCUT2D eigenvalue weighted by Gasteiger charge is -2.32. The van der Waals surface area contributed by atoms with Gasteiger partial charge in [-0.25, -0.2) is 18.8 Å². The lowest BCUT2D eigenvalue weighted by Crippen LogP contribution is -2.52. The summed E-state index contributed by atoms with van der Waals surface area (Å²) in [6.07, 6.45) is -0.918. The minimum absolute atomic E-state index is 0.152. The Morgan fingerprint density at radius 2 is 1.45 bits per heavy atom. The molecule has 0 unspecified atom stereocenters. The Labute approximate surface area is 182 Å². The SMILES string of the molecule is COC(=O)[C@H](CC/C=C(/F)COS(C)(=O)=O)N(C(=O)OC(C)(C)C)C(=O)OC(C)(C)C. The molecule has 0 aromatic heterocycles. The first kappa shape index (κ1) is 28.8. The van der Waals surface area contributed by atoms with E-state index in [2.05, 4.69) is 8.92 Å². The van der Waals surface area contributed by atoms with Crippen LogP contribution < -0.4 is 0 Å². The molecule has 180 valence electrons. The highest BCUT2D eigenvalue weighted by atomic mass is 32.2. The highest BCUT2D eigenvalue weighted by Gasteiger charge is 2.40. The Morgan fingerprint density at radius 3 is 1.81 bits per heavy atom. The maximum Gasteiger partial charge on any atom is 0.420 e. The lowest BCUT2D eigenvalue weighted by atomic mass is 10.1. The van der Waals surface area contributed by atoms with Gasteiger partial charge in [-0.2, -0.15) is 13.3 Å². The number of halogens is 1. The smallest absolute Gasteiger partial charge is 0.420 e. The fourth-order valence-electron chi connectivity index (χ4n) is 2.06. The summed E-state index contributed by atoms with van der Waals surface area (Å²) in [5.74, 6) is -1.85. The Balaban J connectivity index is 5.72. The number of carbonyl (C=O) groups excluding carboxylic acids is 3. The van der Waals surface area contributed by atoms with Crippen LogP contribution in [0, 0.1) is 0 Å². The van der Waals surface area contributed by atoms with Crippen molar-refractivity contribution in [1.29, 1.82) is 0 Å². The van der Waals surface area contributed by atoms with Crippen molar-refractivity contribution in [3.05, 3.63) is 11.9 Å². The van der Waals surface area contributed by atoms with Gasteiger partial charge in [0.15, 0.2) is 0 Å². The first-order chi connectivity index (χ1) is 13.9. The van der Waals surface area contributed by atoms with Crippen molar-refractivity contribution in [2.24, 2.45) is 0 Å². The molecule has 0 saturated carbocycles. The summed E-state index contributed by atoms with van der Waals surface area (Å²) in [6.45, 7) is 8.63. The van der Waals surface area contributed by atoms with Gasteiger partial charge in [0.25, 0.3) is 10.1 Å². The maximum absolute atomic E-state index is 13.8. The Bertz CT molecular complexity index is 751. The number of carbonyl (C=O) groups is 3. The Hall–Kier alpha value is -2.21. The van der Waals surface area contributed by atoms with Gasteiger partial charge < -0.3 is 14.2 Å². The van der Waals surface area contributed by atoms with E-state index >= 15 is 0 Å². The average molecular weight is 470 g/mol. The maximum atomic E-state index is 13.8. The second kappa shape index (κ2) is 11.4. The zero-order valence-electron chi connectivity index (χ0n) is 19.2. The quantitative estimate of drug-likeness (QED) is 0.299. The highest BCUT2D eigenvalue weighted by Crippen LogP contribution is 2.20. The first-order valence-corrected chi connectivity index (χ1v) is 11.2. The van der Waals surface area contributed by atoms with Crippen LogP contribution in [0.15, 0.2) is 11.9 Å². The summed E-state index contributed by atoms with van der Waals surface area (Å²) in [5, 5.41) is 0. The molecule has 0 aliphatic heterocycles. The van der Waals surface area contributed by atoms with Crippen LogP contribution in [0.1, 0.15) is 54.4 Å². The fraction of sp³-hybridized carbons (Fsp3) is 0.737. The van der Waals surface area contributed by atoms with E-state index in [1.807, 2.05) is 0 Å². The summed E-state index contributed by atoms with van der Waals surface area (Å²) in [5.41, 5.74) is -1.96. The van der Waals surface area contributed by atoms with Gasteiger partial charge in [-0.1, -0.05) is 6.08 Å². The number of hydrogen-bond donors (Lipinski definition) is 0. The van der Waals surface area contributed by atoms with Crippen molar-refractivity contribution >= 4 is 28.3 Å². The van der Waals surface area contributed by atoms with Crippen LogP contribution in [0.2, 0.25) is 0 Å². The van der Waals surface area contributed by atoms with Crippen molar-refractivity contribution in [2.45, 2.75) is 71.6 Å². The second-order valence-corrected chi connectivity index (χ2v) is 10.2. The van der Waals surface area contributed by atoms with Gasteiger partial charge in [-0.15, -0.1) is 0 Å². The van der Waals surface area contributed by atoms with Crippen LogP contribution in [0.25, 0.3) is 0 Å². The molecule has 0 aliphatic carbocycles. The second-order valence-electron chi connectivity index (χ2n) is 8.56. The van der Waals surface area contributed by atoms with Crippen molar-refractivity contribution < 1.29 is 45.6 Å².